The Morgan fingerprint density at radius 2 is 2.08 bits per heavy atom. The standard InChI is InChI=1S/C11H14O2/c1-2-11(13-9-12)8-10-6-4-3-5-7-10/h3-7,9,11H,2,8H2,1H3/t11-/m0/s1. The molecular weight excluding hydrogens is 164 g/mol. The highest BCUT2D eigenvalue weighted by Crippen LogP contribution is 2.07. The van der Waals surface area contributed by atoms with Crippen LogP contribution in [0.2, 0.25) is 0 Å². The lowest BCUT2D eigenvalue weighted by atomic mass is 10.1. The summed E-state index contributed by atoms with van der Waals surface area (Å²) >= 11 is 0. The number of carbonyl (C=O) groups excluding carboxylic acids is 1. The Bertz CT molecular complexity index is 244. The summed E-state index contributed by atoms with van der Waals surface area (Å²) in [6.45, 7) is 2.54. The highest BCUT2D eigenvalue weighted by molar-refractivity contribution is 5.37. The molecular formula is C11H14O2. The fourth-order valence-corrected chi connectivity index (χ4v) is 1.24. The van der Waals surface area contributed by atoms with Crippen LogP contribution in [0, 0.1) is 0 Å². The van der Waals surface area contributed by atoms with Crippen LogP contribution >= 0.6 is 0 Å². The van der Waals surface area contributed by atoms with Gasteiger partial charge in [-0.15, -0.1) is 0 Å². The van der Waals surface area contributed by atoms with Gasteiger partial charge in [-0.05, 0) is 12.0 Å². The van der Waals surface area contributed by atoms with Crippen LogP contribution in [0.15, 0.2) is 30.3 Å². The first-order chi connectivity index (χ1) is 6.36. The zero-order valence-corrected chi connectivity index (χ0v) is 7.77. The number of hydrogen-bond donors (Lipinski definition) is 0. The number of rotatable bonds is 5. The molecule has 0 bridgehead atoms. The maximum Gasteiger partial charge on any atom is 0.293 e. The molecule has 0 heterocycles. The van der Waals surface area contributed by atoms with Crippen LogP contribution in [0.4, 0.5) is 0 Å². The normalized spacial score (nSPS) is 12.1. The maximum atomic E-state index is 10.1. The van der Waals surface area contributed by atoms with Gasteiger partial charge in [0.25, 0.3) is 6.47 Å². The highest BCUT2D eigenvalue weighted by Gasteiger charge is 2.06. The van der Waals surface area contributed by atoms with Gasteiger partial charge < -0.3 is 4.74 Å². The van der Waals surface area contributed by atoms with Gasteiger partial charge in [0.15, 0.2) is 0 Å². The van der Waals surface area contributed by atoms with Gasteiger partial charge in [-0.25, -0.2) is 0 Å². The van der Waals surface area contributed by atoms with Gasteiger partial charge in [-0.1, -0.05) is 37.3 Å². The topological polar surface area (TPSA) is 26.3 Å². The molecule has 0 spiro atoms. The molecule has 0 saturated heterocycles. The van der Waals surface area contributed by atoms with Gasteiger partial charge in [0, 0.05) is 6.42 Å². The van der Waals surface area contributed by atoms with Crippen molar-refractivity contribution >= 4 is 6.47 Å². The summed E-state index contributed by atoms with van der Waals surface area (Å²) < 4.78 is 4.91. The fourth-order valence-electron chi connectivity index (χ4n) is 1.24. The number of ether oxygens (including phenoxy) is 1. The van der Waals surface area contributed by atoms with Gasteiger partial charge in [0.2, 0.25) is 0 Å². The second-order valence-electron chi connectivity index (χ2n) is 2.95. The van der Waals surface area contributed by atoms with Crippen molar-refractivity contribution in [3.8, 4) is 0 Å². The van der Waals surface area contributed by atoms with Crippen molar-refractivity contribution in [2.75, 3.05) is 0 Å². The smallest absolute Gasteiger partial charge is 0.293 e. The average Bonchev–Trinajstić information content (AvgIpc) is 2.19. The molecule has 0 unspecified atom stereocenters. The predicted octanol–water partition coefficient (Wildman–Crippen LogP) is 2.18. The molecule has 0 aliphatic heterocycles. The average molecular weight is 178 g/mol. The van der Waals surface area contributed by atoms with E-state index in [0.717, 1.165) is 12.8 Å². The number of hydrogen-bond acceptors (Lipinski definition) is 2. The molecule has 1 rings (SSSR count). The number of benzene rings is 1. The largest absolute Gasteiger partial charge is 0.464 e. The van der Waals surface area contributed by atoms with E-state index in [4.69, 9.17) is 4.74 Å². The fraction of sp³-hybridized carbons (Fsp3) is 0.364. The van der Waals surface area contributed by atoms with E-state index in [0.29, 0.717) is 6.47 Å². The Morgan fingerprint density at radius 3 is 2.62 bits per heavy atom. The van der Waals surface area contributed by atoms with Gasteiger partial charge in [-0.2, -0.15) is 0 Å². The Kier molecular flexibility index (Phi) is 4.03. The monoisotopic (exact) mass is 178 g/mol. The molecule has 0 aromatic heterocycles. The molecule has 13 heavy (non-hydrogen) atoms. The first-order valence-electron chi connectivity index (χ1n) is 4.49. The third-order valence-corrected chi connectivity index (χ3v) is 2.01. The van der Waals surface area contributed by atoms with E-state index < -0.39 is 0 Å². The summed E-state index contributed by atoms with van der Waals surface area (Å²) in [5.41, 5.74) is 1.20. The molecule has 70 valence electrons. The first kappa shape index (κ1) is 9.78. The van der Waals surface area contributed by atoms with Gasteiger partial charge in [-0.3, -0.25) is 4.79 Å². The van der Waals surface area contributed by atoms with E-state index in [-0.39, 0.29) is 6.10 Å². The predicted molar refractivity (Wildman–Crippen MR) is 51.4 cm³/mol. The minimum atomic E-state index is 0.0138. The lowest BCUT2D eigenvalue weighted by Crippen LogP contribution is -2.13. The van der Waals surface area contributed by atoms with Crippen LogP contribution in [0.1, 0.15) is 18.9 Å². The SMILES string of the molecule is CC[C@@H](Cc1ccccc1)OC=O. The van der Waals surface area contributed by atoms with Gasteiger partial charge in [0.05, 0.1) is 0 Å². The maximum absolute atomic E-state index is 10.1. The van der Waals surface area contributed by atoms with Crippen molar-refractivity contribution in [2.24, 2.45) is 0 Å². The van der Waals surface area contributed by atoms with Gasteiger partial charge in [0.1, 0.15) is 6.10 Å². The summed E-state index contributed by atoms with van der Waals surface area (Å²) in [7, 11) is 0. The zero-order chi connectivity index (χ0) is 9.52. The summed E-state index contributed by atoms with van der Waals surface area (Å²) in [6.07, 6.45) is 1.67. The highest BCUT2D eigenvalue weighted by atomic mass is 16.5. The summed E-state index contributed by atoms with van der Waals surface area (Å²) in [4.78, 5) is 10.1. The quantitative estimate of drug-likeness (QED) is 0.646. The molecule has 0 aliphatic carbocycles. The molecule has 0 saturated carbocycles. The Hall–Kier alpha value is -1.31. The van der Waals surface area contributed by atoms with Crippen molar-refractivity contribution < 1.29 is 9.53 Å². The molecule has 0 fully saturated rings. The van der Waals surface area contributed by atoms with Crippen molar-refractivity contribution in [3.05, 3.63) is 35.9 Å². The minimum absolute atomic E-state index is 0.0138. The lowest BCUT2D eigenvalue weighted by Gasteiger charge is -2.12. The van der Waals surface area contributed by atoms with Crippen molar-refractivity contribution in [1.29, 1.82) is 0 Å². The van der Waals surface area contributed by atoms with E-state index in [2.05, 4.69) is 0 Å². The van der Waals surface area contributed by atoms with Crippen molar-refractivity contribution in [3.63, 3.8) is 0 Å². The van der Waals surface area contributed by atoms with Crippen LogP contribution in [0.3, 0.4) is 0 Å². The van der Waals surface area contributed by atoms with Crippen molar-refractivity contribution in [2.45, 2.75) is 25.9 Å². The Morgan fingerprint density at radius 1 is 1.38 bits per heavy atom. The Balaban J connectivity index is 2.51. The number of carbonyl (C=O) groups is 1. The third kappa shape index (κ3) is 3.28. The molecule has 0 N–H and O–H groups in total. The molecule has 0 aliphatic rings. The van der Waals surface area contributed by atoms with E-state index in [1.165, 1.54) is 5.56 Å². The summed E-state index contributed by atoms with van der Waals surface area (Å²) in [5, 5.41) is 0. The van der Waals surface area contributed by atoms with Crippen LogP contribution in [-0.4, -0.2) is 12.6 Å². The van der Waals surface area contributed by atoms with Crippen LogP contribution in [0.5, 0.6) is 0 Å². The van der Waals surface area contributed by atoms with Crippen LogP contribution in [0.25, 0.3) is 0 Å². The molecule has 0 amide bonds. The second kappa shape index (κ2) is 5.36. The minimum Gasteiger partial charge on any atom is -0.464 e. The third-order valence-electron chi connectivity index (χ3n) is 2.01. The Labute approximate surface area is 78.5 Å². The van der Waals surface area contributed by atoms with E-state index in [9.17, 15) is 4.79 Å². The lowest BCUT2D eigenvalue weighted by molar-refractivity contribution is -0.133. The summed E-state index contributed by atoms with van der Waals surface area (Å²) in [5.74, 6) is 0. The zero-order valence-electron chi connectivity index (χ0n) is 7.77. The van der Waals surface area contributed by atoms with Crippen LogP contribution in [-0.2, 0) is 16.0 Å². The molecule has 0 radical (unpaired) electrons. The molecule has 2 heteroatoms. The summed E-state index contributed by atoms with van der Waals surface area (Å²) in [6, 6.07) is 10.0. The molecule has 1 aromatic carbocycles. The van der Waals surface area contributed by atoms with E-state index in [1.807, 2.05) is 37.3 Å². The van der Waals surface area contributed by atoms with Gasteiger partial charge >= 0.3 is 0 Å². The van der Waals surface area contributed by atoms with Crippen molar-refractivity contribution in [1.82, 2.24) is 0 Å². The first-order valence-corrected chi connectivity index (χ1v) is 4.49. The molecule has 2 nitrogen and oxygen atoms in total. The molecule has 1 aromatic rings. The van der Waals surface area contributed by atoms with Crippen LogP contribution < -0.4 is 0 Å². The second-order valence-corrected chi connectivity index (χ2v) is 2.95. The van der Waals surface area contributed by atoms with E-state index in [1.54, 1.807) is 0 Å². The van der Waals surface area contributed by atoms with E-state index >= 15 is 0 Å². The molecule has 1 atom stereocenters.